The molecule has 154 valence electrons. The van der Waals surface area contributed by atoms with Crippen molar-refractivity contribution in [2.45, 2.75) is 25.8 Å². The number of hydrogen-bond acceptors (Lipinski definition) is 2. The molecule has 1 atom stereocenters. The van der Waals surface area contributed by atoms with E-state index in [1.54, 1.807) is 12.1 Å². The molecule has 0 aliphatic heterocycles. The van der Waals surface area contributed by atoms with Crippen LogP contribution in [0.1, 0.15) is 28.4 Å². The lowest BCUT2D eigenvalue weighted by Crippen LogP contribution is -2.45. The van der Waals surface area contributed by atoms with E-state index in [4.69, 9.17) is 23.2 Å². The molecule has 3 aromatic rings. The lowest BCUT2D eigenvalue weighted by atomic mass is 10.0. The quantitative estimate of drug-likeness (QED) is 0.506. The predicted octanol–water partition coefficient (Wildman–Crippen LogP) is 5.54. The number of carbonyl (C=O) groups is 2. The molecule has 2 amide bonds. The lowest BCUT2D eigenvalue weighted by molar-refractivity contribution is -0.118. The average molecular weight is 441 g/mol. The van der Waals surface area contributed by atoms with Crippen molar-refractivity contribution >= 4 is 40.7 Å². The zero-order valence-electron chi connectivity index (χ0n) is 16.5. The van der Waals surface area contributed by atoms with Crippen LogP contribution >= 0.6 is 23.2 Å². The Morgan fingerprint density at radius 2 is 1.63 bits per heavy atom. The normalized spacial score (nSPS) is 11.6. The van der Waals surface area contributed by atoms with Gasteiger partial charge < -0.3 is 10.6 Å². The summed E-state index contributed by atoms with van der Waals surface area (Å²) in [6, 6.07) is 21.0. The summed E-state index contributed by atoms with van der Waals surface area (Å²) >= 11 is 12.1. The van der Waals surface area contributed by atoms with Crippen molar-refractivity contribution in [2.24, 2.45) is 0 Å². The van der Waals surface area contributed by atoms with Crippen LogP contribution in [0, 0.1) is 0 Å². The minimum absolute atomic E-state index is 0.232. The maximum Gasteiger partial charge on any atom is 0.253 e. The Hall–Kier alpha value is -2.82. The van der Waals surface area contributed by atoms with Gasteiger partial charge in [0, 0.05) is 17.1 Å². The van der Waals surface area contributed by atoms with Gasteiger partial charge in [-0.15, -0.1) is 0 Å². The minimum Gasteiger partial charge on any atom is -0.340 e. The number of halogens is 2. The molecular weight excluding hydrogens is 419 g/mol. The molecule has 0 saturated heterocycles. The number of anilines is 1. The fourth-order valence-corrected chi connectivity index (χ4v) is 3.63. The van der Waals surface area contributed by atoms with Gasteiger partial charge in [-0.3, -0.25) is 9.59 Å². The molecule has 3 rings (SSSR count). The second kappa shape index (κ2) is 10.3. The largest absolute Gasteiger partial charge is 0.340 e. The molecule has 0 aromatic heterocycles. The highest BCUT2D eigenvalue weighted by Gasteiger charge is 2.23. The molecule has 0 radical (unpaired) electrons. The Morgan fingerprint density at radius 1 is 0.933 bits per heavy atom. The topological polar surface area (TPSA) is 58.2 Å². The van der Waals surface area contributed by atoms with Gasteiger partial charge in [-0.2, -0.15) is 0 Å². The molecule has 0 spiro atoms. The fraction of sp³-hybridized carbons (Fsp3) is 0.167. The van der Waals surface area contributed by atoms with Crippen LogP contribution in [0.4, 0.5) is 5.69 Å². The second-order valence-corrected chi connectivity index (χ2v) is 7.68. The SMILES string of the molecule is CCc1ccccc1NC(=O)C(Cc1ccccc1)NC(=O)c1ccc(Cl)cc1Cl. The number of benzene rings is 3. The molecule has 0 heterocycles. The number of para-hydroxylation sites is 1. The van der Waals surface area contributed by atoms with Crippen LogP contribution in [0.15, 0.2) is 72.8 Å². The molecule has 4 nitrogen and oxygen atoms in total. The van der Waals surface area contributed by atoms with Crippen molar-refractivity contribution in [2.75, 3.05) is 5.32 Å². The van der Waals surface area contributed by atoms with E-state index < -0.39 is 11.9 Å². The van der Waals surface area contributed by atoms with E-state index in [1.807, 2.05) is 61.5 Å². The summed E-state index contributed by atoms with van der Waals surface area (Å²) in [5.74, 6) is -0.727. The number of carbonyl (C=O) groups excluding carboxylic acids is 2. The second-order valence-electron chi connectivity index (χ2n) is 6.84. The third kappa shape index (κ3) is 5.62. The van der Waals surface area contributed by atoms with Crippen LogP contribution in [0.3, 0.4) is 0 Å². The highest BCUT2D eigenvalue weighted by Crippen LogP contribution is 2.21. The van der Waals surface area contributed by atoms with Crippen molar-refractivity contribution in [3.8, 4) is 0 Å². The summed E-state index contributed by atoms with van der Waals surface area (Å²) in [7, 11) is 0. The Kier molecular flexibility index (Phi) is 7.50. The Balaban J connectivity index is 1.84. The van der Waals surface area contributed by atoms with Crippen molar-refractivity contribution in [3.63, 3.8) is 0 Å². The van der Waals surface area contributed by atoms with Crippen LogP contribution in [0.5, 0.6) is 0 Å². The fourth-order valence-electron chi connectivity index (χ4n) is 3.14. The average Bonchev–Trinajstić information content (AvgIpc) is 2.74. The molecule has 0 saturated carbocycles. The van der Waals surface area contributed by atoms with Gasteiger partial charge >= 0.3 is 0 Å². The summed E-state index contributed by atoms with van der Waals surface area (Å²) in [6.07, 6.45) is 1.13. The monoisotopic (exact) mass is 440 g/mol. The molecule has 0 aliphatic rings. The number of rotatable bonds is 7. The summed E-state index contributed by atoms with van der Waals surface area (Å²) in [5, 5.41) is 6.44. The van der Waals surface area contributed by atoms with Gasteiger partial charge in [0.15, 0.2) is 0 Å². The maximum absolute atomic E-state index is 13.1. The first-order valence-electron chi connectivity index (χ1n) is 9.66. The van der Waals surface area contributed by atoms with Crippen LogP contribution in [-0.4, -0.2) is 17.9 Å². The minimum atomic E-state index is -0.781. The number of hydrogen-bond donors (Lipinski definition) is 2. The number of aryl methyl sites for hydroxylation is 1. The standard InChI is InChI=1S/C24H22Cl2N2O2/c1-2-17-10-6-7-11-21(17)27-24(30)22(14-16-8-4-3-5-9-16)28-23(29)19-13-12-18(25)15-20(19)26/h3-13,15,22H,2,14H2,1H3,(H,27,30)(H,28,29). The Morgan fingerprint density at radius 3 is 2.33 bits per heavy atom. The Labute approximate surface area is 186 Å². The summed E-state index contributed by atoms with van der Waals surface area (Å²) < 4.78 is 0. The molecule has 6 heteroatoms. The van der Waals surface area contributed by atoms with E-state index in [0.717, 1.165) is 23.2 Å². The van der Waals surface area contributed by atoms with Gasteiger partial charge in [-0.1, -0.05) is 78.7 Å². The molecule has 3 aromatic carbocycles. The molecule has 0 fully saturated rings. The smallest absolute Gasteiger partial charge is 0.253 e. The highest BCUT2D eigenvalue weighted by molar-refractivity contribution is 6.36. The molecule has 1 unspecified atom stereocenters. The van der Waals surface area contributed by atoms with E-state index in [9.17, 15) is 9.59 Å². The molecule has 2 N–H and O–H groups in total. The van der Waals surface area contributed by atoms with Gasteiger partial charge in [-0.25, -0.2) is 0 Å². The van der Waals surface area contributed by atoms with E-state index in [2.05, 4.69) is 10.6 Å². The van der Waals surface area contributed by atoms with Gasteiger partial charge in [-0.05, 0) is 41.8 Å². The zero-order chi connectivity index (χ0) is 21.5. The van der Waals surface area contributed by atoms with Crippen LogP contribution in [-0.2, 0) is 17.6 Å². The summed E-state index contributed by atoms with van der Waals surface area (Å²) in [6.45, 7) is 2.02. The van der Waals surface area contributed by atoms with Gasteiger partial charge in [0.2, 0.25) is 5.91 Å². The first kappa shape index (κ1) is 21.9. The van der Waals surface area contributed by atoms with Gasteiger partial charge in [0.25, 0.3) is 5.91 Å². The molecular formula is C24H22Cl2N2O2. The Bertz CT molecular complexity index is 1040. The maximum atomic E-state index is 13.1. The lowest BCUT2D eigenvalue weighted by Gasteiger charge is -2.20. The predicted molar refractivity (Wildman–Crippen MR) is 122 cm³/mol. The summed E-state index contributed by atoms with van der Waals surface area (Å²) in [4.78, 5) is 25.9. The third-order valence-electron chi connectivity index (χ3n) is 4.74. The first-order chi connectivity index (χ1) is 14.5. The van der Waals surface area contributed by atoms with E-state index in [-0.39, 0.29) is 16.5 Å². The zero-order valence-corrected chi connectivity index (χ0v) is 18.0. The van der Waals surface area contributed by atoms with Crippen LogP contribution in [0.25, 0.3) is 0 Å². The van der Waals surface area contributed by atoms with Crippen molar-refractivity contribution in [3.05, 3.63) is 99.5 Å². The van der Waals surface area contributed by atoms with Gasteiger partial charge in [0.05, 0.1) is 10.6 Å². The van der Waals surface area contributed by atoms with E-state index in [1.165, 1.54) is 6.07 Å². The van der Waals surface area contributed by atoms with Crippen molar-refractivity contribution in [1.29, 1.82) is 0 Å². The molecule has 0 aliphatic carbocycles. The number of amides is 2. The molecule has 0 bridgehead atoms. The van der Waals surface area contributed by atoms with Gasteiger partial charge in [0.1, 0.15) is 6.04 Å². The van der Waals surface area contributed by atoms with Crippen molar-refractivity contribution < 1.29 is 9.59 Å². The van der Waals surface area contributed by atoms with Crippen LogP contribution < -0.4 is 10.6 Å². The highest BCUT2D eigenvalue weighted by atomic mass is 35.5. The number of nitrogens with one attached hydrogen (secondary N) is 2. The summed E-state index contributed by atoms with van der Waals surface area (Å²) in [5.41, 5.74) is 2.96. The van der Waals surface area contributed by atoms with E-state index in [0.29, 0.717) is 11.4 Å². The molecule has 30 heavy (non-hydrogen) atoms. The van der Waals surface area contributed by atoms with Crippen LogP contribution in [0.2, 0.25) is 10.0 Å². The van der Waals surface area contributed by atoms with E-state index >= 15 is 0 Å². The van der Waals surface area contributed by atoms with Crippen molar-refractivity contribution in [1.82, 2.24) is 5.32 Å². The third-order valence-corrected chi connectivity index (χ3v) is 5.28. The first-order valence-corrected chi connectivity index (χ1v) is 10.4.